The Morgan fingerprint density at radius 1 is 1.19 bits per heavy atom. The Hall–Kier alpha value is -2.40. The molecule has 1 aromatic carbocycles. The van der Waals surface area contributed by atoms with Gasteiger partial charge in [-0.2, -0.15) is 4.98 Å². The van der Waals surface area contributed by atoms with Crippen molar-refractivity contribution >= 4 is 0 Å². The minimum Gasteiger partial charge on any atom is -0.456 e. The molecule has 0 atom stereocenters. The first kappa shape index (κ1) is 13.6. The first-order chi connectivity index (χ1) is 10.2. The van der Waals surface area contributed by atoms with Crippen LogP contribution in [0.5, 0.6) is 0 Å². The minimum absolute atomic E-state index is 0.399. The van der Waals surface area contributed by atoms with Gasteiger partial charge in [0, 0.05) is 18.5 Å². The second-order valence-electron chi connectivity index (χ2n) is 4.89. The van der Waals surface area contributed by atoms with Crippen molar-refractivity contribution in [1.29, 1.82) is 0 Å². The largest absolute Gasteiger partial charge is 0.456 e. The molecule has 3 aromatic rings. The number of hydrogen-bond acceptors (Lipinski definition) is 5. The summed E-state index contributed by atoms with van der Waals surface area (Å²) in [6, 6.07) is 9.70. The highest BCUT2D eigenvalue weighted by atomic mass is 16.5. The Kier molecular flexibility index (Phi) is 3.58. The van der Waals surface area contributed by atoms with Gasteiger partial charge in [0.1, 0.15) is 5.76 Å². The van der Waals surface area contributed by atoms with Crippen LogP contribution in [0, 0.1) is 6.92 Å². The van der Waals surface area contributed by atoms with E-state index >= 15 is 0 Å². The van der Waals surface area contributed by atoms with Crippen molar-refractivity contribution in [3.8, 4) is 23.0 Å². The summed E-state index contributed by atoms with van der Waals surface area (Å²) in [5, 5.41) is 4.01. The number of aryl methyl sites for hydroxylation is 2. The van der Waals surface area contributed by atoms with Crippen LogP contribution in [-0.2, 0) is 13.0 Å². The average molecular weight is 283 g/mol. The van der Waals surface area contributed by atoms with Crippen molar-refractivity contribution in [2.24, 2.45) is 5.73 Å². The maximum absolute atomic E-state index is 5.72. The van der Waals surface area contributed by atoms with Gasteiger partial charge in [0.25, 0.3) is 5.89 Å². The Morgan fingerprint density at radius 3 is 2.57 bits per heavy atom. The number of rotatable bonds is 4. The van der Waals surface area contributed by atoms with E-state index in [1.807, 2.05) is 44.2 Å². The van der Waals surface area contributed by atoms with E-state index in [1.54, 1.807) is 0 Å². The molecule has 0 aliphatic heterocycles. The Morgan fingerprint density at radius 2 is 1.95 bits per heavy atom. The number of nitrogens with zero attached hydrogens (tertiary/aromatic N) is 2. The average Bonchev–Trinajstić information content (AvgIpc) is 3.13. The molecule has 21 heavy (non-hydrogen) atoms. The van der Waals surface area contributed by atoms with Crippen LogP contribution in [0.25, 0.3) is 23.0 Å². The molecule has 0 saturated carbocycles. The van der Waals surface area contributed by atoms with Crippen molar-refractivity contribution in [2.75, 3.05) is 0 Å². The van der Waals surface area contributed by atoms with Gasteiger partial charge < -0.3 is 14.7 Å². The van der Waals surface area contributed by atoms with E-state index in [2.05, 4.69) is 10.1 Å². The summed E-state index contributed by atoms with van der Waals surface area (Å²) in [6.07, 6.45) is 0.841. The number of benzene rings is 1. The van der Waals surface area contributed by atoms with Gasteiger partial charge in [-0.3, -0.25) is 0 Å². The fraction of sp³-hybridized carbons (Fsp3) is 0.250. The van der Waals surface area contributed by atoms with E-state index < -0.39 is 0 Å². The molecule has 2 heterocycles. The van der Waals surface area contributed by atoms with Gasteiger partial charge >= 0.3 is 0 Å². The molecule has 2 N–H and O–H groups in total. The summed E-state index contributed by atoms with van der Waals surface area (Å²) in [5.41, 5.74) is 8.64. The van der Waals surface area contributed by atoms with Gasteiger partial charge in [0.05, 0.1) is 0 Å². The fourth-order valence-corrected chi connectivity index (χ4v) is 2.21. The van der Waals surface area contributed by atoms with Crippen LogP contribution in [0.3, 0.4) is 0 Å². The normalized spacial score (nSPS) is 11.0. The highest BCUT2D eigenvalue weighted by Crippen LogP contribution is 2.26. The maximum atomic E-state index is 5.72. The molecule has 0 aliphatic carbocycles. The summed E-state index contributed by atoms with van der Waals surface area (Å²) < 4.78 is 11.0. The molecule has 3 rings (SSSR count). The number of aromatic nitrogens is 2. The summed E-state index contributed by atoms with van der Waals surface area (Å²) >= 11 is 0. The molecule has 0 spiro atoms. The lowest BCUT2D eigenvalue weighted by atomic mass is 10.1. The molecular formula is C16H17N3O2. The third-order valence-electron chi connectivity index (χ3n) is 3.43. The van der Waals surface area contributed by atoms with E-state index in [-0.39, 0.29) is 0 Å². The molecule has 0 saturated heterocycles. The van der Waals surface area contributed by atoms with E-state index in [4.69, 9.17) is 14.7 Å². The molecule has 5 heteroatoms. The number of hydrogen-bond donors (Lipinski definition) is 1. The third-order valence-corrected chi connectivity index (χ3v) is 3.43. The molecule has 0 radical (unpaired) electrons. The Labute approximate surface area is 122 Å². The third kappa shape index (κ3) is 2.60. The van der Waals surface area contributed by atoms with Crippen LogP contribution < -0.4 is 5.73 Å². The van der Waals surface area contributed by atoms with Crippen molar-refractivity contribution in [3.63, 3.8) is 0 Å². The lowest BCUT2D eigenvalue weighted by molar-refractivity contribution is 0.412. The van der Waals surface area contributed by atoms with E-state index in [0.29, 0.717) is 24.0 Å². The number of nitrogens with two attached hydrogens (primary N) is 1. The van der Waals surface area contributed by atoms with Gasteiger partial charge in [0.2, 0.25) is 5.82 Å². The van der Waals surface area contributed by atoms with Crippen LogP contribution in [-0.4, -0.2) is 10.1 Å². The second-order valence-corrected chi connectivity index (χ2v) is 4.89. The molecule has 0 unspecified atom stereocenters. The van der Waals surface area contributed by atoms with Crippen molar-refractivity contribution in [2.45, 2.75) is 26.8 Å². The predicted octanol–water partition coefficient (Wildman–Crippen LogP) is 3.33. The van der Waals surface area contributed by atoms with Crippen molar-refractivity contribution < 1.29 is 8.94 Å². The van der Waals surface area contributed by atoms with Crippen LogP contribution in [0.4, 0.5) is 0 Å². The van der Waals surface area contributed by atoms with Gasteiger partial charge in [-0.15, -0.1) is 0 Å². The lowest BCUT2D eigenvalue weighted by Gasteiger charge is -1.97. The van der Waals surface area contributed by atoms with Crippen molar-refractivity contribution in [3.05, 3.63) is 47.2 Å². The van der Waals surface area contributed by atoms with Crippen LogP contribution in [0.1, 0.15) is 23.8 Å². The van der Waals surface area contributed by atoms with Crippen LogP contribution in [0.15, 0.2) is 39.3 Å². The number of furan rings is 1. The molecule has 0 aliphatic rings. The fourth-order valence-electron chi connectivity index (χ4n) is 2.21. The van der Waals surface area contributed by atoms with Gasteiger partial charge in [-0.1, -0.05) is 36.3 Å². The summed E-state index contributed by atoms with van der Waals surface area (Å²) in [5.74, 6) is 2.50. The first-order valence-corrected chi connectivity index (χ1v) is 6.94. The van der Waals surface area contributed by atoms with Crippen LogP contribution >= 0.6 is 0 Å². The second kappa shape index (κ2) is 5.54. The quantitative estimate of drug-likeness (QED) is 0.794. The maximum Gasteiger partial charge on any atom is 0.293 e. The standard InChI is InChI=1S/C16H17N3O2/c1-3-13-10(2)8-14(20-13)16-18-15(19-21-16)12-6-4-11(9-17)5-7-12/h4-8H,3,9,17H2,1-2H3. The topological polar surface area (TPSA) is 78.1 Å². The molecule has 108 valence electrons. The lowest BCUT2D eigenvalue weighted by Crippen LogP contribution is -1.95. The monoisotopic (exact) mass is 283 g/mol. The summed E-state index contributed by atoms with van der Waals surface area (Å²) in [6.45, 7) is 4.58. The van der Waals surface area contributed by atoms with E-state index in [1.165, 1.54) is 0 Å². The highest BCUT2D eigenvalue weighted by Gasteiger charge is 2.15. The van der Waals surface area contributed by atoms with E-state index in [9.17, 15) is 0 Å². The van der Waals surface area contributed by atoms with E-state index in [0.717, 1.165) is 28.9 Å². The molecule has 0 fully saturated rings. The Bertz CT molecular complexity index is 741. The zero-order chi connectivity index (χ0) is 14.8. The zero-order valence-corrected chi connectivity index (χ0v) is 12.1. The molecule has 2 aromatic heterocycles. The minimum atomic E-state index is 0.399. The first-order valence-electron chi connectivity index (χ1n) is 6.94. The Balaban J connectivity index is 1.91. The van der Waals surface area contributed by atoms with Crippen molar-refractivity contribution in [1.82, 2.24) is 10.1 Å². The molecule has 5 nitrogen and oxygen atoms in total. The molecule has 0 bridgehead atoms. The molecular weight excluding hydrogens is 266 g/mol. The molecule has 0 amide bonds. The predicted molar refractivity (Wildman–Crippen MR) is 79.4 cm³/mol. The SMILES string of the molecule is CCc1oc(-c2nc(-c3ccc(CN)cc3)no2)cc1C. The summed E-state index contributed by atoms with van der Waals surface area (Å²) in [7, 11) is 0. The zero-order valence-electron chi connectivity index (χ0n) is 12.1. The van der Waals surface area contributed by atoms with Gasteiger partial charge in [-0.25, -0.2) is 0 Å². The van der Waals surface area contributed by atoms with Gasteiger partial charge in [-0.05, 0) is 24.1 Å². The van der Waals surface area contributed by atoms with Crippen LogP contribution in [0.2, 0.25) is 0 Å². The highest BCUT2D eigenvalue weighted by molar-refractivity contribution is 5.58. The van der Waals surface area contributed by atoms with Gasteiger partial charge in [0.15, 0.2) is 5.76 Å². The smallest absolute Gasteiger partial charge is 0.293 e. The summed E-state index contributed by atoms with van der Waals surface area (Å²) in [4.78, 5) is 4.39.